The van der Waals surface area contributed by atoms with E-state index in [1.807, 2.05) is 22.9 Å². The van der Waals surface area contributed by atoms with E-state index >= 15 is 0 Å². The van der Waals surface area contributed by atoms with Crippen LogP contribution in [-0.2, 0) is 17.9 Å². The van der Waals surface area contributed by atoms with E-state index in [0.29, 0.717) is 18.7 Å². The average Bonchev–Trinajstić information content (AvgIpc) is 3.19. The van der Waals surface area contributed by atoms with Crippen molar-refractivity contribution in [2.75, 3.05) is 0 Å². The first-order valence-corrected chi connectivity index (χ1v) is 8.53. The molecule has 2 heterocycles. The molecule has 136 valence electrons. The fraction of sp³-hybridized carbons (Fsp3) is 0.143. The highest BCUT2D eigenvalue weighted by Gasteiger charge is 2.14. The van der Waals surface area contributed by atoms with Gasteiger partial charge in [-0.3, -0.25) is 0 Å². The van der Waals surface area contributed by atoms with Crippen LogP contribution in [0.4, 0.5) is 4.39 Å². The Morgan fingerprint density at radius 1 is 1.11 bits per heavy atom. The van der Waals surface area contributed by atoms with Gasteiger partial charge in [0.2, 0.25) is 0 Å². The maximum atomic E-state index is 13.3. The molecule has 4 aromatic rings. The third-order valence-electron chi connectivity index (χ3n) is 4.31. The van der Waals surface area contributed by atoms with Crippen LogP contribution < -0.4 is 5.63 Å². The highest BCUT2D eigenvalue weighted by molar-refractivity contribution is 5.76. The van der Waals surface area contributed by atoms with Crippen molar-refractivity contribution in [1.82, 2.24) is 9.55 Å². The van der Waals surface area contributed by atoms with Crippen LogP contribution >= 0.6 is 0 Å². The summed E-state index contributed by atoms with van der Waals surface area (Å²) >= 11 is 0. The van der Waals surface area contributed by atoms with Crippen molar-refractivity contribution in [3.05, 3.63) is 101 Å². The Morgan fingerprint density at radius 2 is 1.96 bits per heavy atom. The zero-order valence-electron chi connectivity index (χ0n) is 14.4. The molecule has 0 N–H and O–H groups in total. The van der Waals surface area contributed by atoms with Gasteiger partial charge < -0.3 is 13.7 Å². The second kappa shape index (κ2) is 7.55. The molecule has 1 atom stereocenters. The van der Waals surface area contributed by atoms with Crippen LogP contribution in [-0.4, -0.2) is 9.55 Å². The quantitative estimate of drug-likeness (QED) is 0.484. The van der Waals surface area contributed by atoms with Crippen molar-refractivity contribution < 1.29 is 13.5 Å². The van der Waals surface area contributed by atoms with Crippen LogP contribution in [0.3, 0.4) is 0 Å². The molecule has 6 heteroatoms. The minimum absolute atomic E-state index is 0.260. The first kappa shape index (κ1) is 17.2. The number of hydrogen-bond acceptors (Lipinski definition) is 4. The zero-order chi connectivity index (χ0) is 18.6. The third-order valence-corrected chi connectivity index (χ3v) is 4.31. The molecule has 0 fully saturated rings. The van der Waals surface area contributed by atoms with Gasteiger partial charge in [0.1, 0.15) is 17.5 Å². The average molecular weight is 364 g/mol. The van der Waals surface area contributed by atoms with E-state index in [-0.39, 0.29) is 17.5 Å². The molecule has 0 aliphatic rings. The highest BCUT2D eigenvalue weighted by Crippen LogP contribution is 2.23. The Hall–Kier alpha value is -3.25. The van der Waals surface area contributed by atoms with E-state index in [1.54, 1.807) is 36.8 Å². The van der Waals surface area contributed by atoms with Gasteiger partial charge in [-0.25, -0.2) is 14.2 Å². The summed E-state index contributed by atoms with van der Waals surface area (Å²) < 4.78 is 26.5. The number of imidazole rings is 1. The maximum Gasteiger partial charge on any atom is 0.336 e. The lowest BCUT2D eigenvalue weighted by molar-refractivity contribution is 0.0280. The fourth-order valence-corrected chi connectivity index (χ4v) is 2.93. The molecular formula is C21H17FN2O3. The molecule has 2 aromatic carbocycles. The van der Waals surface area contributed by atoms with Crippen molar-refractivity contribution in [3.8, 4) is 0 Å². The van der Waals surface area contributed by atoms with Crippen molar-refractivity contribution in [2.45, 2.75) is 19.3 Å². The summed E-state index contributed by atoms with van der Waals surface area (Å²) in [5.41, 5.74) is 2.01. The molecule has 0 saturated carbocycles. The molecule has 1 unspecified atom stereocenters. The van der Waals surface area contributed by atoms with Crippen LogP contribution in [0.5, 0.6) is 0 Å². The Labute approximate surface area is 154 Å². The third kappa shape index (κ3) is 4.12. The van der Waals surface area contributed by atoms with E-state index in [0.717, 1.165) is 16.5 Å². The number of rotatable bonds is 6. The summed E-state index contributed by atoms with van der Waals surface area (Å²) in [6, 6.07) is 15.0. The molecule has 27 heavy (non-hydrogen) atoms. The Kier molecular flexibility index (Phi) is 4.80. The molecule has 0 amide bonds. The standard InChI is InChI=1S/C21H17FN2O3/c22-18-5-2-16(3-6-18)20(12-24-10-9-23-14-24)26-13-15-1-7-19-17(11-15)4-8-21(25)27-19/h1-11,14,20H,12-13H2. The van der Waals surface area contributed by atoms with E-state index in [2.05, 4.69) is 4.98 Å². The smallest absolute Gasteiger partial charge is 0.336 e. The van der Waals surface area contributed by atoms with Gasteiger partial charge in [0.05, 0.1) is 19.5 Å². The van der Waals surface area contributed by atoms with Crippen molar-refractivity contribution in [3.63, 3.8) is 0 Å². The number of halogens is 1. The maximum absolute atomic E-state index is 13.3. The minimum Gasteiger partial charge on any atom is -0.423 e. The highest BCUT2D eigenvalue weighted by atomic mass is 19.1. The first-order valence-electron chi connectivity index (χ1n) is 8.53. The van der Waals surface area contributed by atoms with Crippen LogP contribution in [0, 0.1) is 5.82 Å². The Morgan fingerprint density at radius 3 is 2.74 bits per heavy atom. The summed E-state index contributed by atoms with van der Waals surface area (Å²) in [6.45, 7) is 0.930. The molecular weight excluding hydrogens is 347 g/mol. The van der Waals surface area contributed by atoms with Crippen molar-refractivity contribution >= 4 is 11.0 Å². The number of hydrogen-bond donors (Lipinski definition) is 0. The van der Waals surface area contributed by atoms with Crippen LogP contribution in [0.1, 0.15) is 17.2 Å². The normalized spacial score (nSPS) is 12.3. The largest absolute Gasteiger partial charge is 0.423 e. The predicted octanol–water partition coefficient (Wildman–Crippen LogP) is 4.09. The van der Waals surface area contributed by atoms with E-state index in [9.17, 15) is 9.18 Å². The lowest BCUT2D eigenvalue weighted by atomic mass is 10.1. The van der Waals surface area contributed by atoms with Crippen LogP contribution in [0.15, 0.2) is 82.5 Å². The molecule has 4 rings (SSSR count). The molecule has 0 radical (unpaired) electrons. The fourth-order valence-electron chi connectivity index (χ4n) is 2.93. The van der Waals surface area contributed by atoms with Gasteiger partial charge in [0, 0.05) is 23.8 Å². The molecule has 0 bridgehead atoms. The molecule has 5 nitrogen and oxygen atoms in total. The van der Waals surface area contributed by atoms with Crippen molar-refractivity contribution in [1.29, 1.82) is 0 Å². The van der Waals surface area contributed by atoms with Gasteiger partial charge in [-0.2, -0.15) is 0 Å². The second-order valence-corrected chi connectivity index (χ2v) is 6.24. The minimum atomic E-state index is -0.372. The van der Waals surface area contributed by atoms with E-state index in [4.69, 9.17) is 9.15 Å². The number of ether oxygens (including phenoxy) is 1. The first-order chi connectivity index (χ1) is 13.2. The number of benzene rings is 2. The molecule has 2 aromatic heterocycles. The number of aromatic nitrogens is 2. The van der Waals surface area contributed by atoms with Gasteiger partial charge in [0.15, 0.2) is 0 Å². The predicted molar refractivity (Wildman–Crippen MR) is 98.6 cm³/mol. The molecule has 0 aliphatic heterocycles. The van der Waals surface area contributed by atoms with Gasteiger partial charge in [-0.15, -0.1) is 0 Å². The molecule has 0 aliphatic carbocycles. The van der Waals surface area contributed by atoms with Gasteiger partial charge >= 0.3 is 5.63 Å². The Bertz CT molecular complexity index is 1090. The topological polar surface area (TPSA) is 57.3 Å². The van der Waals surface area contributed by atoms with Crippen molar-refractivity contribution in [2.24, 2.45) is 0 Å². The monoisotopic (exact) mass is 364 g/mol. The van der Waals surface area contributed by atoms with E-state index < -0.39 is 0 Å². The number of nitrogens with zero attached hydrogens (tertiary/aromatic N) is 2. The SMILES string of the molecule is O=c1ccc2cc(COC(Cn3ccnc3)c3ccc(F)cc3)ccc2o1. The molecule has 0 spiro atoms. The summed E-state index contributed by atoms with van der Waals surface area (Å²) in [5, 5.41) is 0.837. The zero-order valence-corrected chi connectivity index (χ0v) is 14.4. The van der Waals surface area contributed by atoms with Crippen LogP contribution in [0.25, 0.3) is 11.0 Å². The van der Waals surface area contributed by atoms with Crippen LogP contribution in [0.2, 0.25) is 0 Å². The number of fused-ring (bicyclic) bond motifs is 1. The summed E-state index contributed by atoms with van der Waals surface area (Å²) in [7, 11) is 0. The van der Waals surface area contributed by atoms with E-state index in [1.165, 1.54) is 18.2 Å². The summed E-state index contributed by atoms with van der Waals surface area (Å²) in [5.74, 6) is -0.281. The van der Waals surface area contributed by atoms with Gasteiger partial charge in [-0.05, 0) is 41.5 Å². The summed E-state index contributed by atoms with van der Waals surface area (Å²) in [4.78, 5) is 15.3. The Balaban J connectivity index is 1.55. The lowest BCUT2D eigenvalue weighted by Gasteiger charge is -2.19. The van der Waals surface area contributed by atoms with Gasteiger partial charge in [0.25, 0.3) is 0 Å². The molecule has 0 saturated heterocycles. The summed E-state index contributed by atoms with van der Waals surface area (Å²) in [6.07, 6.45) is 5.03. The lowest BCUT2D eigenvalue weighted by Crippen LogP contribution is -2.12. The second-order valence-electron chi connectivity index (χ2n) is 6.24. The van der Waals surface area contributed by atoms with Gasteiger partial charge in [-0.1, -0.05) is 18.2 Å².